The van der Waals surface area contributed by atoms with Crippen LogP contribution in [0, 0.1) is 0 Å². The van der Waals surface area contributed by atoms with E-state index in [0.717, 1.165) is 33.4 Å². The minimum absolute atomic E-state index is 0.515. The van der Waals surface area contributed by atoms with E-state index in [4.69, 9.17) is 9.47 Å². The maximum absolute atomic E-state index is 9.80. The van der Waals surface area contributed by atoms with Crippen LogP contribution >= 0.6 is 0 Å². The fourth-order valence-electron chi connectivity index (χ4n) is 3.43. The number of hydrogen-bond donors (Lipinski definition) is 1. The van der Waals surface area contributed by atoms with Crippen LogP contribution in [0.3, 0.4) is 0 Å². The number of nitrogens with zero attached hydrogens (tertiary/aromatic N) is 2. The lowest BCUT2D eigenvalue weighted by Gasteiger charge is -2.14. The molecule has 0 saturated heterocycles. The first kappa shape index (κ1) is 18.1. The number of benzene rings is 3. The van der Waals surface area contributed by atoms with Crippen molar-refractivity contribution in [1.82, 2.24) is 9.55 Å². The molecule has 5 heteroatoms. The highest BCUT2D eigenvalue weighted by Gasteiger charge is 2.13. The van der Waals surface area contributed by atoms with Gasteiger partial charge in [-0.1, -0.05) is 30.3 Å². The fourth-order valence-corrected chi connectivity index (χ4v) is 3.43. The lowest BCUT2D eigenvalue weighted by atomic mass is 10.0. The monoisotopic (exact) mass is 374 g/mol. The van der Waals surface area contributed by atoms with Crippen molar-refractivity contribution in [3.63, 3.8) is 0 Å². The highest BCUT2D eigenvalue weighted by Crippen LogP contribution is 2.38. The fraction of sp³-hybridized carbons (Fsp3) is 0.174. The highest BCUT2D eigenvalue weighted by molar-refractivity contribution is 5.80. The lowest BCUT2D eigenvalue weighted by Crippen LogP contribution is -1.96. The molecule has 1 aromatic heterocycles. The van der Waals surface area contributed by atoms with E-state index in [-0.39, 0.29) is 0 Å². The summed E-state index contributed by atoms with van der Waals surface area (Å²) in [6.07, 6.45) is 1.29. The van der Waals surface area contributed by atoms with Gasteiger partial charge in [0.2, 0.25) is 0 Å². The maximum atomic E-state index is 9.80. The summed E-state index contributed by atoms with van der Waals surface area (Å²) in [5.74, 6) is 1.41. The van der Waals surface area contributed by atoms with E-state index < -0.39 is 6.10 Å². The van der Waals surface area contributed by atoms with Crippen LogP contribution in [0.25, 0.3) is 27.8 Å². The van der Waals surface area contributed by atoms with Crippen molar-refractivity contribution in [2.24, 2.45) is 0 Å². The van der Waals surface area contributed by atoms with Crippen LogP contribution in [0.2, 0.25) is 0 Å². The van der Waals surface area contributed by atoms with Gasteiger partial charge in [-0.15, -0.1) is 0 Å². The average molecular weight is 374 g/mol. The number of para-hydroxylation sites is 1. The van der Waals surface area contributed by atoms with Crippen LogP contribution in [-0.4, -0.2) is 28.9 Å². The molecule has 3 aromatic carbocycles. The largest absolute Gasteiger partial charge is 0.493 e. The van der Waals surface area contributed by atoms with Crippen molar-refractivity contribution >= 4 is 11.0 Å². The number of aromatic nitrogens is 2. The number of hydrogen-bond acceptors (Lipinski definition) is 4. The summed E-state index contributed by atoms with van der Waals surface area (Å²) >= 11 is 0. The summed E-state index contributed by atoms with van der Waals surface area (Å²) < 4.78 is 13.1. The van der Waals surface area contributed by atoms with Crippen molar-refractivity contribution < 1.29 is 14.6 Å². The normalized spacial score (nSPS) is 12.1. The molecule has 28 heavy (non-hydrogen) atoms. The van der Waals surface area contributed by atoms with Gasteiger partial charge in [0.15, 0.2) is 11.5 Å². The van der Waals surface area contributed by atoms with E-state index in [2.05, 4.69) is 11.1 Å². The first-order valence-electron chi connectivity index (χ1n) is 9.09. The zero-order chi connectivity index (χ0) is 19.7. The third kappa shape index (κ3) is 3.10. The third-order valence-corrected chi connectivity index (χ3v) is 4.89. The van der Waals surface area contributed by atoms with Crippen molar-refractivity contribution in [1.29, 1.82) is 0 Å². The Hall–Kier alpha value is -3.31. The highest BCUT2D eigenvalue weighted by atomic mass is 16.5. The van der Waals surface area contributed by atoms with Crippen molar-refractivity contribution in [3.8, 4) is 28.3 Å². The smallest absolute Gasteiger partial charge is 0.168 e. The molecule has 1 N–H and O–H groups in total. The number of fused-ring (bicyclic) bond motifs is 1. The molecule has 0 bridgehead atoms. The summed E-state index contributed by atoms with van der Waals surface area (Å²) in [5, 5.41) is 9.80. The Morgan fingerprint density at radius 2 is 1.79 bits per heavy atom. The second kappa shape index (κ2) is 7.37. The predicted octanol–water partition coefficient (Wildman–Crippen LogP) is 4.76. The standard InChI is InChI=1S/C23H22N2O3/c1-15(26)16-10-11-21-20(13-16)24-14-25(21)18-7-4-6-17(12-18)19-8-5-9-22(27-2)23(19)28-3/h4-15,26H,1-3H3. The van der Waals surface area contributed by atoms with Crippen LogP contribution in [0.1, 0.15) is 18.6 Å². The summed E-state index contributed by atoms with van der Waals surface area (Å²) in [6.45, 7) is 1.75. The van der Waals surface area contributed by atoms with Crippen molar-refractivity contribution in [3.05, 3.63) is 72.6 Å². The maximum Gasteiger partial charge on any atom is 0.168 e. The molecule has 0 fully saturated rings. The SMILES string of the molecule is COc1cccc(-c2cccc(-n3cnc4cc(C(C)O)ccc43)c2)c1OC. The van der Waals surface area contributed by atoms with Gasteiger partial charge >= 0.3 is 0 Å². The number of ether oxygens (including phenoxy) is 2. The molecular weight excluding hydrogens is 352 g/mol. The molecule has 0 saturated carbocycles. The predicted molar refractivity (Wildman–Crippen MR) is 110 cm³/mol. The van der Waals surface area contributed by atoms with E-state index in [1.165, 1.54) is 0 Å². The quantitative estimate of drug-likeness (QED) is 0.547. The first-order valence-corrected chi connectivity index (χ1v) is 9.09. The van der Waals surface area contributed by atoms with Crippen LogP contribution in [-0.2, 0) is 0 Å². The number of rotatable bonds is 5. The number of aliphatic hydroxyl groups is 1. The molecule has 1 unspecified atom stereocenters. The Balaban J connectivity index is 1.81. The molecule has 1 heterocycles. The minimum atomic E-state index is -0.515. The Morgan fingerprint density at radius 3 is 2.54 bits per heavy atom. The van der Waals surface area contributed by atoms with E-state index in [9.17, 15) is 5.11 Å². The molecular formula is C23H22N2O3. The molecule has 142 valence electrons. The van der Waals surface area contributed by atoms with Crippen molar-refractivity contribution in [2.45, 2.75) is 13.0 Å². The van der Waals surface area contributed by atoms with Gasteiger partial charge in [-0.25, -0.2) is 4.98 Å². The third-order valence-electron chi connectivity index (χ3n) is 4.89. The van der Waals surface area contributed by atoms with Crippen LogP contribution in [0.4, 0.5) is 0 Å². The van der Waals surface area contributed by atoms with E-state index in [1.807, 2.05) is 59.2 Å². The molecule has 4 aromatic rings. The van der Waals surface area contributed by atoms with Crippen LogP contribution in [0.15, 0.2) is 67.0 Å². The van der Waals surface area contributed by atoms with E-state index in [0.29, 0.717) is 11.5 Å². The van der Waals surface area contributed by atoms with E-state index >= 15 is 0 Å². The zero-order valence-corrected chi connectivity index (χ0v) is 16.1. The number of aliphatic hydroxyl groups excluding tert-OH is 1. The molecule has 0 amide bonds. The zero-order valence-electron chi connectivity index (χ0n) is 16.1. The van der Waals surface area contributed by atoms with Gasteiger partial charge < -0.3 is 14.6 Å². The minimum Gasteiger partial charge on any atom is -0.493 e. The van der Waals surface area contributed by atoms with Crippen LogP contribution in [0.5, 0.6) is 11.5 Å². The Kier molecular flexibility index (Phi) is 4.75. The summed E-state index contributed by atoms with van der Waals surface area (Å²) in [7, 11) is 3.28. The second-order valence-corrected chi connectivity index (χ2v) is 6.63. The Bertz CT molecular complexity index is 1130. The van der Waals surface area contributed by atoms with Crippen molar-refractivity contribution in [2.75, 3.05) is 14.2 Å². The summed E-state index contributed by atoms with van der Waals surface area (Å²) in [4.78, 5) is 4.51. The molecule has 5 nitrogen and oxygen atoms in total. The molecule has 0 aliphatic rings. The molecule has 0 aliphatic carbocycles. The van der Waals surface area contributed by atoms with Gasteiger partial charge in [0.05, 0.1) is 31.4 Å². The van der Waals surface area contributed by atoms with Gasteiger partial charge in [0.1, 0.15) is 6.33 Å². The topological polar surface area (TPSA) is 56.5 Å². The van der Waals surface area contributed by atoms with Gasteiger partial charge in [0, 0.05) is 11.3 Å². The van der Waals surface area contributed by atoms with Gasteiger partial charge in [0.25, 0.3) is 0 Å². The Morgan fingerprint density at radius 1 is 0.964 bits per heavy atom. The summed E-state index contributed by atoms with van der Waals surface area (Å²) in [6, 6.07) is 19.9. The van der Waals surface area contributed by atoms with Gasteiger partial charge in [-0.05, 0) is 48.4 Å². The Labute approximate surface area is 163 Å². The van der Waals surface area contributed by atoms with Crippen LogP contribution < -0.4 is 9.47 Å². The average Bonchev–Trinajstić information content (AvgIpc) is 3.16. The number of methoxy groups -OCH3 is 2. The summed E-state index contributed by atoms with van der Waals surface area (Å²) in [5.41, 5.74) is 5.67. The lowest BCUT2D eigenvalue weighted by molar-refractivity contribution is 0.199. The van der Waals surface area contributed by atoms with Gasteiger partial charge in [-0.2, -0.15) is 0 Å². The second-order valence-electron chi connectivity index (χ2n) is 6.63. The molecule has 1 atom stereocenters. The van der Waals surface area contributed by atoms with E-state index in [1.54, 1.807) is 27.5 Å². The molecule has 0 aliphatic heterocycles. The van der Waals surface area contributed by atoms with Gasteiger partial charge in [-0.3, -0.25) is 4.57 Å². The molecule has 0 radical (unpaired) electrons. The first-order chi connectivity index (χ1) is 13.6. The number of imidazole rings is 1. The molecule has 0 spiro atoms. The molecule has 4 rings (SSSR count).